The maximum absolute atomic E-state index is 11.1. The molecule has 0 saturated carbocycles. The molecule has 0 amide bonds. The Morgan fingerprint density at radius 2 is 1.89 bits per heavy atom. The zero-order valence-electron chi connectivity index (χ0n) is 15.1. The van der Waals surface area contributed by atoms with Gasteiger partial charge in [0.1, 0.15) is 11.4 Å². The van der Waals surface area contributed by atoms with Gasteiger partial charge in [-0.2, -0.15) is 0 Å². The Morgan fingerprint density at radius 1 is 1.19 bits per heavy atom. The quantitative estimate of drug-likeness (QED) is 0.562. The van der Waals surface area contributed by atoms with Gasteiger partial charge in [0.05, 0.1) is 19.4 Å². The summed E-state index contributed by atoms with van der Waals surface area (Å²) in [5.41, 5.74) is 2.14. The number of aliphatic hydroxyl groups is 1. The van der Waals surface area contributed by atoms with E-state index in [1.54, 1.807) is 7.11 Å². The molecule has 1 atom stereocenters. The SMILES string of the molecule is CCOc1cccc(C2(O)CCc3cc(OC)ccc3C2)n1.[O-][Cl+](O)(O)O. The number of ether oxygens (including phenoxy) is 2. The van der Waals surface area contributed by atoms with Crippen molar-refractivity contribution in [1.29, 1.82) is 0 Å². The van der Waals surface area contributed by atoms with E-state index in [1.165, 1.54) is 5.56 Å². The standard InChI is InChI=1S/C18H21NO3.ClH3O4/c1-3-22-17-6-4-5-16(19-17)18(20)10-9-13-11-15(21-2)8-7-14(13)12-18;2-1(3,4)5/h4-8,11,20H,3,9-10,12H2,1-2H3;2-4H. The van der Waals surface area contributed by atoms with Crippen molar-refractivity contribution in [1.82, 2.24) is 4.98 Å². The van der Waals surface area contributed by atoms with Crippen molar-refractivity contribution in [3.05, 3.63) is 53.2 Å². The topological polar surface area (TPSA) is 135 Å². The third-order valence-corrected chi connectivity index (χ3v) is 4.20. The molecule has 0 spiro atoms. The summed E-state index contributed by atoms with van der Waals surface area (Å²) in [5.74, 6) is 1.43. The Morgan fingerprint density at radius 3 is 2.52 bits per heavy atom. The van der Waals surface area contributed by atoms with Crippen LogP contribution in [0.25, 0.3) is 0 Å². The van der Waals surface area contributed by atoms with Crippen LogP contribution < -0.4 is 14.1 Å². The minimum absolute atomic E-state index is 0.564. The molecule has 0 aliphatic heterocycles. The molecule has 0 saturated heterocycles. The van der Waals surface area contributed by atoms with Crippen LogP contribution in [0.5, 0.6) is 11.6 Å². The van der Waals surface area contributed by atoms with Crippen LogP contribution in [0.4, 0.5) is 0 Å². The van der Waals surface area contributed by atoms with Crippen LogP contribution in [0.15, 0.2) is 36.4 Å². The van der Waals surface area contributed by atoms with Crippen LogP contribution >= 0.6 is 0 Å². The molecular formula is C18H24ClNO7. The van der Waals surface area contributed by atoms with E-state index in [-0.39, 0.29) is 0 Å². The van der Waals surface area contributed by atoms with Gasteiger partial charge in [0, 0.05) is 12.5 Å². The van der Waals surface area contributed by atoms with Gasteiger partial charge in [0.25, 0.3) is 0 Å². The van der Waals surface area contributed by atoms with Crippen molar-refractivity contribution < 1.29 is 43.5 Å². The average molecular weight is 402 g/mol. The first-order chi connectivity index (χ1) is 12.6. The Bertz CT molecular complexity index is 760. The molecule has 1 aromatic heterocycles. The molecule has 1 unspecified atom stereocenters. The summed E-state index contributed by atoms with van der Waals surface area (Å²) in [6.45, 7) is 2.49. The molecule has 1 aliphatic rings. The Balaban J connectivity index is 0.000000465. The third kappa shape index (κ3) is 6.31. The van der Waals surface area contributed by atoms with Gasteiger partial charge >= 0.3 is 28.9 Å². The van der Waals surface area contributed by atoms with Gasteiger partial charge in [-0.3, -0.25) is 0 Å². The number of fused-ring (bicyclic) bond motifs is 1. The number of hydrogen-bond acceptors (Lipinski definition) is 8. The summed E-state index contributed by atoms with van der Waals surface area (Å²) in [7, 11) is -2.52. The molecule has 9 heteroatoms. The van der Waals surface area contributed by atoms with Crippen molar-refractivity contribution in [2.45, 2.75) is 31.8 Å². The maximum atomic E-state index is 11.1. The Labute approximate surface area is 159 Å². The first-order valence-corrected chi connectivity index (χ1v) is 9.61. The van der Waals surface area contributed by atoms with Crippen LogP contribution in [-0.4, -0.2) is 37.8 Å². The fourth-order valence-electron chi connectivity index (χ4n) is 3.00. The van der Waals surface area contributed by atoms with Crippen molar-refractivity contribution >= 4 is 0 Å². The number of methoxy groups -OCH3 is 1. The Hall–Kier alpha value is -1.94. The van der Waals surface area contributed by atoms with Crippen LogP contribution in [0.1, 0.15) is 30.2 Å². The predicted molar refractivity (Wildman–Crippen MR) is 91.0 cm³/mol. The van der Waals surface area contributed by atoms with Gasteiger partial charge < -0.3 is 14.6 Å². The second-order valence-electron chi connectivity index (χ2n) is 6.07. The van der Waals surface area contributed by atoms with Crippen LogP contribution in [0.2, 0.25) is 0 Å². The molecule has 8 nitrogen and oxygen atoms in total. The third-order valence-electron chi connectivity index (χ3n) is 4.20. The van der Waals surface area contributed by atoms with Gasteiger partial charge in [-0.15, -0.1) is 0 Å². The number of halogens is 1. The molecule has 3 rings (SSSR count). The van der Waals surface area contributed by atoms with Crippen molar-refractivity contribution in [3.63, 3.8) is 0 Å². The minimum atomic E-state index is -4.19. The molecule has 1 aliphatic carbocycles. The van der Waals surface area contributed by atoms with Crippen LogP contribution in [0, 0.1) is 10.2 Å². The van der Waals surface area contributed by atoms with E-state index in [2.05, 4.69) is 11.1 Å². The van der Waals surface area contributed by atoms with Crippen molar-refractivity contribution in [2.24, 2.45) is 0 Å². The molecule has 0 radical (unpaired) electrons. The number of pyridine rings is 1. The van der Waals surface area contributed by atoms with E-state index in [0.29, 0.717) is 31.0 Å². The van der Waals surface area contributed by atoms with Crippen molar-refractivity contribution in [2.75, 3.05) is 13.7 Å². The average Bonchev–Trinajstić information content (AvgIpc) is 2.60. The predicted octanol–water partition coefficient (Wildman–Crippen LogP) is 0.00540. The molecule has 27 heavy (non-hydrogen) atoms. The van der Waals surface area contributed by atoms with E-state index in [0.717, 1.165) is 17.7 Å². The number of hydrogen-bond donors (Lipinski definition) is 4. The van der Waals surface area contributed by atoms with Gasteiger partial charge in [-0.1, -0.05) is 12.1 Å². The number of benzene rings is 1. The van der Waals surface area contributed by atoms with E-state index >= 15 is 0 Å². The molecular weight excluding hydrogens is 378 g/mol. The molecule has 4 N–H and O–H groups in total. The summed E-state index contributed by atoms with van der Waals surface area (Å²) in [6, 6.07) is 11.6. The van der Waals surface area contributed by atoms with Crippen molar-refractivity contribution in [3.8, 4) is 11.6 Å². The fourth-order valence-corrected chi connectivity index (χ4v) is 3.00. The summed E-state index contributed by atoms with van der Waals surface area (Å²) in [5, 5.41) is 11.1. The van der Waals surface area contributed by atoms with E-state index in [1.807, 2.05) is 37.3 Å². The second-order valence-corrected chi connectivity index (χ2v) is 6.94. The van der Waals surface area contributed by atoms with Crippen LogP contribution in [0.3, 0.4) is 0 Å². The fraction of sp³-hybridized carbons (Fsp3) is 0.389. The molecule has 150 valence electrons. The van der Waals surface area contributed by atoms with E-state index in [9.17, 15) is 5.11 Å². The second kappa shape index (κ2) is 8.83. The van der Waals surface area contributed by atoms with Gasteiger partial charge in [0.15, 0.2) is 0 Å². The van der Waals surface area contributed by atoms with E-state index < -0.39 is 15.8 Å². The zero-order valence-corrected chi connectivity index (χ0v) is 15.9. The number of nitrogens with zero attached hydrogens (tertiary/aromatic N) is 1. The first-order valence-electron chi connectivity index (χ1n) is 8.29. The molecule has 1 aromatic carbocycles. The molecule has 1 heterocycles. The molecule has 0 bridgehead atoms. The monoisotopic (exact) mass is 401 g/mol. The molecule has 0 fully saturated rings. The Kier molecular flexibility index (Phi) is 6.99. The van der Waals surface area contributed by atoms with Gasteiger partial charge in [-0.25, -0.2) is 4.98 Å². The zero-order chi connectivity index (χ0) is 20.1. The van der Waals surface area contributed by atoms with Gasteiger partial charge in [-0.05, 0) is 49.1 Å². The first kappa shape index (κ1) is 21.4. The number of rotatable bonds is 4. The summed E-state index contributed by atoms with van der Waals surface area (Å²) in [4.78, 5) is 4.47. The number of aryl methyl sites for hydroxylation is 1. The normalized spacial score (nSPS) is 19.4. The summed E-state index contributed by atoms with van der Waals surface area (Å²) in [6.07, 6.45) is 2.02. The summed E-state index contributed by atoms with van der Waals surface area (Å²) >= 11 is 0. The van der Waals surface area contributed by atoms with E-state index in [4.69, 9.17) is 28.1 Å². The number of aromatic nitrogens is 1. The van der Waals surface area contributed by atoms with Crippen LogP contribution in [-0.2, 0) is 18.4 Å². The molecule has 2 aromatic rings. The summed E-state index contributed by atoms with van der Waals surface area (Å²) < 4.78 is 40.9. The van der Waals surface area contributed by atoms with Gasteiger partial charge in [0.2, 0.25) is 5.88 Å².